The molecule has 1 aliphatic heterocycles. The molecular weight excluding hydrogens is 388 g/mol. The summed E-state index contributed by atoms with van der Waals surface area (Å²) in [4.78, 5) is 49.9. The lowest BCUT2D eigenvalue weighted by molar-refractivity contribution is -0.129. The number of hydrogen-bond acceptors (Lipinski definition) is 5. The summed E-state index contributed by atoms with van der Waals surface area (Å²) in [5.74, 6) is -0.371. The van der Waals surface area contributed by atoms with E-state index in [1.54, 1.807) is 24.3 Å². The van der Waals surface area contributed by atoms with Crippen molar-refractivity contribution >= 4 is 46.2 Å². The molecule has 2 fully saturated rings. The maximum Gasteiger partial charge on any atom is 0.289 e. The van der Waals surface area contributed by atoms with E-state index >= 15 is 0 Å². The number of carbonyl (C=O) groups is 4. The average molecular weight is 409 g/mol. The van der Waals surface area contributed by atoms with Crippen molar-refractivity contribution in [3.8, 4) is 0 Å². The summed E-state index contributed by atoms with van der Waals surface area (Å²) in [6.07, 6.45) is 3.46. The first kappa shape index (κ1) is 19.9. The van der Waals surface area contributed by atoms with Crippen molar-refractivity contribution < 1.29 is 19.2 Å². The minimum atomic E-state index is -0.287. The molecule has 3 rings (SSSR count). The van der Waals surface area contributed by atoms with Crippen LogP contribution in [0.1, 0.15) is 48.9 Å². The van der Waals surface area contributed by atoms with E-state index in [1.165, 1.54) is 4.90 Å². The minimum Gasteiger partial charge on any atom is -0.351 e. The second-order valence-corrected chi connectivity index (χ2v) is 8.14. The molecule has 1 N–H and O–H groups in total. The normalized spacial score (nSPS) is 22.8. The van der Waals surface area contributed by atoms with Gasteiger partial charge in [0.1, 0.15) is 0 Å². The number of hydrogen-bond donors (Lipinski definition) is 1. The first-order valence-corrected chi connectivity index (χ1v) is 10.4. The number of nitrogens with one attached hydrogen (secondary N) is 1. The van der Waals surface area contributed by atoms with Crippen molar-refractivity contribution in [3.63, 3.8) is 0 Å². The van der Waals surface area contributed by atoms with Crippen molar-refractivity contribution in [2.24, 2.45) is 0 Å². The number of halogens is 1. The highest BCUT2D eigenvalue weighted by Gasteiger charge is 2.41. The van der Waals surface area contributed by atoms with E-state index in [4.69, 9.17) is 11.6 Å². The summed E-state index contributed by atoms with van der Waals surface area (Å²) in [5.41, 5.74) is 0.521. The van der Waals surface area contributed by atoms with E-state index < -0.39 is 0 Å². The summed E-state index contributed by atoms with van der Waals surface area (Å²) in [7, 11) is 0. The summed E-state index contributed by atoms with van der Waals surface area (Å²) in [6.45, 7) is 0. The number of carbonyl (C=O) groups excluding carboxylic acids is 4. The van der Waals surface area contributed by atoms with Crippen LogP contribution in [0.15, 0.2) is 24.3 Å². The zero-order chi connectivity index (χ0) is 19.4. The van der Waals surface area contributed by atoms with Crippen molar-refractivity contribution in [2.45, 2.75) is 50.6 Å². The van der Waals surface area contributed by atoms with E-state index in [9.17, 15) is 19.2 Å². The summed E-state index contributed by atoms with van der Waals surface area (Å²) in [5, 5.41) is 3.26. The number of nitrogens with zero attached hydrogens (tertiary/aromatic N) is 1. The van der Waals surface area contributed by atoms with Crippen molar-refractivity contribution in [1.29, 1.82) is 0 Å². The lowest BCUT2D eigenvalue weighted by Gasteiger charge is -2.36. The van der Waals surface area contributed by atoms with Gasteiger partial charge in [-0.3, -0.25) is 24.1 Å². The van der Waals surface area contributed by atoms with Gasteiger partial charge in [-0.1, -0.05) is 36.2 Å². The third-order valence-corrected chi connectivity index (χ3v) is 6.02. The predicted octanol–water partition coefficient (Wildman–Crippen LogP) is 3.43. The number of imide groups is 1. The van der Waals surface area contributed by atoms with Crippen LogP contribution in [0.25, 0.3) is 0 Å². The van der Waals surface area contributed by atoms with Crippen LogP contribution in [-0.2, 0) is 9.59 Å². The SMILES string of the molecule is O=C(CCC(=O)c1ccc(Cl)cc1)NC1CCCCC1N1C(=O)CSC1=O. The zero-order valence-corrected chi connectivity index (χ0v) is 16.4. The maximum absolute atomic E-state index is 12.3. The molecule has 2 atom stereocenters. The van der Waals surface area contributed by atoms with Crippen LogP contribution in [-0.4, -0.2) is 45.6 Å². The second-order valence-electron chi connectivity index (χ2n) is 6.77. The van der Waals surface area contributed by atoms with Gasteiger partial charge in [0.15, 0.2) is 5.78 Å². The van der Waals surface area contributed by atoms with Gasteiger partial charge in [0.05, 0.1) is 11.8 Å². The van der Waals surface area contributed by atoms with E-state index in [-0.39, 0.29) is 53.5 Å². The maximum atomic E-state index is 12.3. The van der Waals surface area contributed by atoms with Gasteiger partial charge in [-0.15, -0.1) is 0 Å². The fourth-order valence-corrected chi connectivity index (χ4v) is 4.45. The topological polar surface area (TPSA) is 83.6 Å². The van der Waals surface area contributed by atoms with E-state index in [0.29, 0.717) is 17.0 Å². The van der Waals surface area contributed by atoms with Crippen LogP contribution in [0, 0.1) is 0 Å². The minimum absolute atomic E-state index is 0.0708. The third-order valence-electron chi connectivity index (χ3n) is 4.94. The number of ketones is 1. The highest BCUT2D eigenvalue weighted by Crippen LogP contribution is 2.30. The lowest BCUT2D eigenvalue weighted by Crippen LogP contribution is -2.54. The van der Waals surface area contributed by atoms with Crippen LogP contribution in [0.5, 0.6) is 0 Å². The standard InChI is InChI=1S/C19H21ClN2O4S/c20-13-7-5-12(6-8-13)16(23)9-10-17(24)21-14-3-1-2-4-15(14)22-18(25)11-27-19(22)26/h5-8,14-15H,1-4,9-11H2,(H,21,24). The number of thioether (sulfide) groups is 1. The molecule has 1 saturated carbocycles. The van der Waals surface area contributed by atoms with Gasteiger partial charge < -0.3 is 5.32 Å². The molecule has 0 spiro atoms. The molecule has 1 saturated heterocycles. The Labute approximate surface area is 167 Å². The average Bonchev–Trinajstić information content (AvgIpc) is 2.99. The molecule has 0 aromatic heterocycles. The number of rotatable bonds is 6. The van der Waals surface area contributed by atoms with Gasteiger partial charge in [-0.05, 0) is 37.1 Å². The Morgan fingerprint density at radius 1 is 1.11 bits per heavy atom. The van der Waals surface area contributed by atoms with Crippen LogP contribution in [0.3, 0.4) is 0 Å². The number of Topliss-reactive ketones (excluding diaryl/α,β-unsaturated/α-hetero) is 1. The molecule has 2 unspecified atom stereocenters. The Bertz CT molecular complexity index is 737. The smallest absolute Gasteiger partial charge is 0.289 e. The molecule has 2 aliphatic rings. The number of benzene rings is 1. The fraction of sp³-hybridized carbons (Fsp3) is 0.474. The molecule has 3 amide bonds. The molecule has 1 aliphatic carbocycles. The highest BCUT2D eigenvalue weighted by atomic mass is 35.5. The van der Waals surface area contributed by atoms with Gasteiger partial charge >= 0.3 is 0 Å². The molecule has 8 heteroatoms. The Hall–Kier alpha value is -1.86. The molecule has 1 aromatic carbocycles. The van der Waals surface area contributed by atoms with Crippen molar-refractivity contribution in [3.05, 3.63) is 34.9 Å². The molecule has 1 heterocycles. The van der Waals surface area contributed by atoms with Crippen LogP contribution < -0.4 is 5.32 Å². The highest BCUT2D eigenvalue weighted by molar-refractivity contribution is 8.14. The molecular formula is C19H21ClN2O4S. The van der Waals surface area contributed by atoms with Gasteiger partial charge in [-0.25, -0.2) is 0 Å². The van der Waals surface area contributed by atoms with Crippen LogP contribution >= 0.6 is 23.4 Å². The quantitative estimate of drug-likeness (QED) is 0.729. The Kier molecular flexibility index (Phi) is 6.55. The second kappa shape index (κ2) is 8.89. The first-order valence-electron chi connectivity index (χ1n) is 9.02. The number of amides is 3. The molecule has 0 radical (unpaired) electrons. The molecule has 144 valence electrons. The van der Waals surface area contributed by atoms with Crippen LogP contribution in [0.4, 0.5) is 4.79 Å². The van der Waals surface area contributed by atoms with Gasteiger partial charge in [0.2, 0.25) is 11.8 Å². The van der Waals surface area contributed by atoms with Crippen molar-refractivity contribution in [2.75, 3.05) is 5.75 Å². The molecule has 6 nitrogen and oxygen atoms in total. The predicted molar refractivity (Wildman–Crippen MR) is 104 cm³/mol. The van der Waals surface area contributed by atoms with Gasteiger partial charge in [-0.2, -0.15) is 0 Å². The Balaban J connectivity index is 1.55. The Morgan fingerprint density at radius 3 is 2.48 bits per heavy atom. The van der Waals surface area contributed by atoms with E-state index in [0.717, 1.165) is 31.0 Å². The fourth-order valence-electron chi connectivity index (χ4n) is 3.56. The lowest BCUT2D eigenvalue weighted by atomic mass is 9.89. The molecule has 1 aromatic rings. The van der Waals surface area contributed by atoms with Gasteiger partial charge in [0, 0.05) is 29.5 Å². The van der Waals surface area contributed by atoms with Crippen molar-refractivity contribution in [1.82, 2.24) is 10.2 Å². The summed E-state index contributed by atoms with van der Waals surface area (Å²) >= 11 is 6.82. The molecule has 27 heavy (non-hydrogen) atoms. The van der Waals surface area contributed by atoms with E-state index in [1.807, 2.05) is 0 Å². The largest absolute Gasteiger partial charge is 0.351 e. The third kappa shape index (κ3) is 4.90. The molecule has 0 bridgehead atoms. The van der Waals surface area contributed by atoms with Gasteiger partial charge in [0.25, 0.3) is 5.24 Å². The Morgan fingerprint density at radius 2 is 1.81 bits per heavy atom. The summed E-state index contributed by atoms with van der Waals surface area (Å²) < 4.78 is 0. The van der Waals surface area contributed by atoms with Crippen LogP contribution in [0.2, 0.25) is 5.02 Å². The zero-order valence-electron chi connectivity index (χ0n) is 14.8. The van der Waals surface area contributed by atoms with E-state index in [2.05, 4.69) is 5.32 Å². The first-order chi connectivity index (χ1) is 13.0. The monoisotopic (exact) mass is 408 g/mol. The summed E-state index contributed by atoms with van der Waals surface area (Å²) in [6, 6.07) is 6.03.